The van der Waals surface area contributed by atoms with E-state index < -0.39 is 0 Å². The molecule has 8 heteroatoms. The van der Waals surface area contributed by atoms with Crippen LogP contribution in [0.4, 0.5) is 5.69 Å². The Balaban J connectivity index is 1.42. The molecule has 0 aliphatic carbocycles. The van der Waals surface area contributed by atoms with Gasteiger partial charge in [0, 0.05) is 16.0 Å². The predicted molar refractivity (Wildman–Crippen MR) is 103 cm³/mol. The second-order valence-electron chi connectivity index (χ2n) is 6.11. The van der Waals surface area contributed by atoms with Crippen LogP contribution in [0.5, 0.6) is 0 Å². The van der Waals surface area contributed by atoms with Gasteiger partial charge in [-0.15, -0.1) is 11.8 Å². The SMILES string of the molecule is CC1Sc2ccc(C(=O)NCc3nc(-c4ccccc4)n[nH]3)cc2NC1=O. The van der Waals surface area contributed by atoms with Gasteiger partial charge >= 0.3 is 0 Å². The zero-order valence-corrected chi connectivity index (χ0v) is 15.3. The van der Waals surface area contributed by atoms with Gasteiger partial charge in [0.2, 0.25) is 5.91 Å². The monoisotopic (exact) mass is 379 g/mol. The van der Waals surface area contributed by atoms with E-state index in [0.717, 1.165) is 10.5 Å². The molecule has 0 saturated carbocycles. The zero-order valence-electron chi connectivity index (χ0n) is 14.5. The van der Waals surface area contributed by atoms with Gasteiger partial charge in [0.25, 0.3) is 5.91 Å². The van der Waals surface area contributed by atoms with E-state index in [4.69, 9.17) is 0 Å². The summed E-state index contributed by atoms with van der Waals surface area (Å²) in [6.07, 6.45) is 0. The first-order valence-electron chi connectivity index (χ1n) is 8.46. The van der Waals surface area contributed by atoms with Gasteiger partial charge in [0.1, 0.15) is 5.82 Å². The Hall–Kier alpha value is -3.13. The molecule has 1 unspecified atom stereocenters. The lowest BCUT2D eigenvalue weighted by atomic mass is 10.1. The number of anilines is 1. The smallest absolute Gasteiger partial charge is 0.251 e. The van der Waals surface area contributed by atoms with Crippen molar-refractivity contribution in [2.45, 2.75) is 23.6 Å². The van der Waals surface area contributed by atoms with Gasteiger partial charge in [-0.25, -0.2) is 4.98 Å². The maximum Gasteiger partial charge on any atom is 0.251 e. The summed E-state index contributed by atoms with van der Waals surface area (Å²) in [6.45, 7) is 2.08. The standard InChI is InChI=1S/C19H17N5O2S/c1-11-18(25)21-14-9-13(7-8-15(14)27-11)19(26)20-10-16-22-17(24-23-16)12-5-3-2-4-6-12/h2-9,11H,10H2,1H3,(H,20,26)(H,21,25)(H,22,23,24). The number of nitrogens with one attached hydrogen (secondary N) is 3. The van der Waals surface area contributed by atoms with Gasteiger partial charge in [0.15, 0.2) is 5.82 Å². The Morgan fingerprint density at radius 1 is 1.22 bits per heavy atom. The van der Waals surface area contributed by atoms with Crippen LogP contribution >= 0.6 is 11.8 Å². The molecule has 2 heterocycles. The number of benzene rings is 2. The molecule has 4 rings (SSSR count). The fourth-order valence-corrected chi connectivity index (χ4v) is 3.64. The van der Waals surface area contributed by atoms with E-state index in [2.05, 4.69) is 25.8 Å². The van der Waals surface area contributed by atoms with Gasteiger partial charge in [-0.1, -0.05) is 30.3 Å². The molecule has 1 aliphatic heterocycles. The Morgan fingerprint density at radius 2 is 2.04 bits per heavy atom. The van der Waals surface area contributed by atoms with Crippen LogP contribution in [0.15, 0.2) is 53.4 Å². The summed E-state index contributed by atoms with van der Waals surface area (Å²) in [5.41, 5.74) is 2.05. The van der Waals surface area contributed by atoms with Crippen LogP contribution < -0.4 is 10.6 Å². The predicted octanol–water partition coefficient (Wildman–Crippen LogP) is 2.83. The zero-order chi connectivity index (χ0) is 18.8. The van der Waals surface area contributed by atoms with Crippen LogP contribution in [-0.4, -0.2) is 32.2 Å². The van der Waals surface area contributed by atoms with Crippen molar-refractivity contribution in [2.24, 2.45) is 0 Å². The van der Waals surface area contributed by atoms with Gasteiger partial charge in [-0.2, -0.15) is 5.10 Å². The first-order chi connectivity index (χ1) is 13.1. The number of hydrogen-bond donors (Lipinski definition) is 3. The Labute approximate surface area is 160 Å². The Bertz CT molecular complexity index is 1000. The van der Waals surface area contributed by atoms with Crippen molar-refractivity contribution in [1.82, 2.24) is 20.5 Å². The van der Waals surface area contributed by atoms with E-state index >= 15 is 0 Å². The molecule has 0 spiro atoms. The van der Waals surface area contributed by atoms with Gasteiger partial charge in [0.05, 0.1) is 17.5 Å². The van der Waals surface area contributed by atoms with Crippen molar-refractivity contribution in [3.05, 3.63) is 59.9 Å². The van der Waals surface area contributed by atoms with E-state index in [1.807, 2.05) is 43.3 Å². The summed E-state index contributed by atoms with van der Waals surface area (Å²) in [6, 6.07) is 14.9. The molecule has 0 saturated heterocycles. The normalized spacial score (nSPS) is 15.7. The van der Waals surface area contributed by atoms with Crippen molar-refractivity contribution in [3.63, 3.8) is 0 Å². The number of hydrogen-bond acceptors (Lipinski definition) is 5. The maximum atomic E-state index is 12.4. The summed E-state index contributed by atoms with van der Waals surface area (Å²) < 4.78 is 0. The number of H-pyrrole nitrogens is 1. The molecular weight excluding hydrogens is 362 g/mol. The third-order valence-electron chi connectivity index (χ3n) is 4.15. The summed E-state index contributed by atoms with van der Waals surface area (Å²) >= 11 is 1.48. The number of rotatable bonds is 4. The van der Waals surface area contributed by atoms with Gasteiger partial charge in [-0.3, -0.25) is 14.7 Å². The average Bonchev–Trinajstić information content (AvgIpc) is 3.16. The topological polar surface area (TPSA) is 99.8 Å². The van der Waals surface area contributed by atoms with Crippen molar-refractivity contribution >= 4 is 29.3 Å². The number of carbonyl (C=O) groups excluding carboxylic acids is 2. The molecule has 1 atom stereocenters. The molecule has 3 N–H and O–H groups in total. The Morgan fingerprint density at radius 3 is 2.85 bits per heavy atom. The number of amides is 2. The summed E-state index contributed by atoms with van der Waals surface area (Å²) in [5.74, 6) is 0.855. The first kappa shape index (κ1) is 17.3. The molecule has 3 aromatic rings. The summed E-state index contributed by atoms with van der Waals surface area (Å²) in [5, 5.41) is 12.5. The molecule has 27 heavy (non-hydrogen) atoms. The highest BCUT2D eigenvalue weighted by molar-refractivity contribution is 8.00. The molecule has 7 nitrogen and oxygen atoms in total. The van der Waals surface area contributed by atoms with Crippen LogP contribution in [0.2, 0.25) is 0 Å². The van der Waals surface area contributed by atoms with Gasteiger partial charge < -0.3 is 10.6 Å². The molecule has 2 amide bonds. The van der Waals surface area contributed by atoms with E-state index in [-0.39, 0.29) is 23.6 Å². The minimum Gasteiger partial charge on any atom is -0.345 e. The number of aromatic nitrogens is 3. The highest BCUT2D eigenvalue weighted by atomic mass is 32.2. The third-order valence-corrected chi connectivity index (χ3v) is 5.33. The molecule has 136 valence electrons. The van der Waals surface area contributed by atoms with Crippen LogP contribution in [0.1, 0.15) is 23.1 Å². The van der Waals surface area contributed by atoms with E-state index in [0.29, 0.717) is 22.9 Å². The molecule has 1 aromatic heterocycles. The molecule has 0 bridgehead atoms. The third kappa shape index (κ3) is 3.70. The number of fused-ring (bicyclic) bond motifs is 1. The van der Waals surface area contributed by atoms with Gasteiger partial charge in [-0.05, 0) is 25.1 Å². The quantitative estimate of drug-likeness (QED) is 0.647. The van der Waals surface area contributed by atoms with Crippen molar-refractivity contribution in [1.29, 1.82) is 0 Å². The van der Waals surface area contributed by atoms with Crippen LogP contribution in [0.25, 0.3) is 11.4 Å². The highest BCUT2D eigenvalue weighted by Gasteiger charge is 2.23. The van der Waals surface area contributed by atoms with E-state index in [1.165, 1.54) is 11.8 Å². The average molecular weight is 379 g/mol. The number of carbonyl (C=O) groups is 2. The minimum absolute atomic E-state index is 0.0554. The number of thioether (sulfide) groups is 1. The van der Waals surface area contributed by atoms with Crippen molar-refractivity contribution in [2.75, 3.05) is 5.32 Å². The fourth-order valence-electron chi connectivity index (χ4n) is 2.71. The lowest BCUT2D eigenvalue weighted by Crippen LogP contribution is -2.27. The van der Waals surface area contributed by atoms with Crippen molar-refractivity contribution in [3.8, 4) is 11.4 Å². The summed E-state index contributed by atoms with van der Waals surface area (Å²) in [7, 11) is 0. The molecule has 2 aromatic carbocycles. The maximum absolute atomic E-state index is 12.4. The lowest BCUT2D eigenvalue weighted by Gasteiger charge is -2.21. The van der Waals surface area contributed by atoms with Crippen LogP contribution in [-0.2, 0) is 11.3 Å². The molecule has 1 aliphatic rings. The van der Waals surface area contributed by atoms with E-state index in [1.54, 1.807) is 12.1 Å². The molecule has 0 fully saturated rings. The second kappa shape index (κ2) is 7.24. The lowest BCUT2D eigenvalue weighted by molar-refractivity contribution is -0.115. The molecular formula is C19H17N5O2S. The Kier molecular flexibility index (Phi) is 4.64. The largest absolute Gasteiger partial charge is 0.345 e. The number of nitrogens with zero attached hydrogens (tertiary/aromatic N) is 2. The van der Waals surface area contributed by atoms with E-state index in [9.17, 15) is 9.59 Å². The number of aromatic amines is 1. The van der Waals surface area contributed by atoms with Crippen molar-refractivity contribution < 1.29 is 9.59 Å². The highest BCUT2D eigenvalue weighted by Crippen LogP contribution is 2.35. The summed E-state index contributed by atoms with van der Waals surface area (Å²) in [4.78, 5) is 29.6. The first-order valence-corrected chi connectivity index (χ1v) is 9.34. The van der Waals surface area contributed by atoms with Crippen LogP contribution in [0, 0.1) is 0 Å². The minimum atomic E-state index is -0.242. The molecule has 0 radical (unpaired) electrons. The van der Waals surface area contributed by atoms with Crippen LogP contribution in [0.3, 0.4) is 0 Å². The second-order valence-corrected chi connectivity index (χ2v) is 7.50. The fraction of sp³-hybridized carbons (Fsp3) is 0.158.